The van der Waals surface area contributed by atoms with E-state index in [4.69, 9.17) is 28.3 Å². The third-order valence-corrected chi connectivity index (χ3v) is 5.90. The molecule has 1 N–H and O–H groups in total. The van der Waals surface area contributed by atoms with Crippen LogP contribution < -0.4 is 21.9 Å². The molecule has 1 unspecified atom stereocenters. The van der Waals surface area contributed by atoms with Crippen molar-refractivity contribution in [3.63, 3.8) is 0 Å². The van der Waals surface area contributed by atoms with Crippen molar-refractivity contribution in [2.24, 2.45) is 0 Å². The maximum absolute atomic E-state index is 13.2. The van der Waals surface area contributed by atoms with Crippen molar-refractivity contribution in [3.05, 3.63) is 62.6 Å². The summed E-state index contributed by atoms with van der Waals surface area (Å²) in [5.41, 5.74) is -0.499. The summed E-state index contributed by atoms with van der Waals surface area (Å²) in [6, 6.07) is 4.62. The summed E-state index contributed by atoms with van der Waals surface area (Å²) in [7, 11) is 18.7. The fourth-order valence-electron chi connectivity index (χ4n) is 4.21. The zero-order valence-electron chi connectivity index (χ0n) is 17.8. The van der Waals surface area contributed by atoms with Crippen LogP contribution in [0.4, 0.5) is 13.2 Å². The molecule has 1 amide bonds. The molecule has 2 heterocycles. The largest absolute Gasteiger partial charge is 0.415 e. The number of aromatic amines is 1. The topological polar surface area (TPSA) is 62.4 Å². The minimum absolute atomic E-state index is 0.100. The molecule has 4 rings (SSSR count). The summed E-state index contributed by atoms with van der Waals surface area (Å²) >= 11 is 0. The highest BCUT2D eigenvalue weighted by Crippen LogP contribution is 2.33. The molecule has 162 valence electrons. The minimum Gasteiger partial charge on any atom is -0.373 e. The summed E-state index contributed by atoms with van der Waals surface area (Å²) in [6.45, 7) is 2.02. The Morgan fingerprint density at radius 2 is 1.73 bits per heavy atom. The molecule has 6 radical (unpaired) electrons. The molecule has 0 saturated carbocycles. The van der Waals surface area contributed by atoms with E-state index in [0.717, 1.165) is 17.7 Å². The molecule has 5 nitrogen and oxygen atoms in total. The van der Waals surface area contributed by atoms with Gasteiger partial charge in [-0.25, -0.2) is 0 Å². The molecule has 11 heteroatoms. The van der Waals surface area contributed by atoms with Crippen LogP contribution in [-0.4, -0.2) is 53.0 Å². The summed E-state index contributed by atoms with van der Waals surface area (Å²) in [5.74, 6) is -0.608. The van der Waals surface area contributed by atoms with Crippen LogP contribution in [0.3, 0.4) is 0 Å². The van der Waals surface area contributed by atoms with Gasteiger partial charge in [-0.2, -0.15) is 13.2 Å². The standard InChI is InChI=1S/C22H16B3F3N2O3/c1-9-3-12-11(6-13(9)23)18-16(29-20(12)31)7-33-8-17(18)30(2)21(32)10-4-14(24)19(15(25)5-10)22(26,27)28/h3-6,17H,7-8H2,1-2H3,(H,29,31). The minimum atomic E-state index is -4.75. The van der Waals surface area contributed by atoms with E-state index in [9.17, 15) is 22.8 Å². The number of hydrogen-bond acceptors (Lipinski definition) is 3. The number of H-pyrrole nitrogens is 1. The average molecular weight is 446 g/mol. The number of aryl methyl sites for hydroxylation is 1. The smallest absolute Gasteiger partial charge is 0.373 e. The zero-order valence-corrected chi connectivity index (χ0v) is 17.8. The van der Waals surface area contributed by atoms with E-state index in [-0.39, 0.29) is 24.3 Å². The Labute approximate surface area is 191 Å². The number of alkyl halides is 3. The van der Waals surface area contributed by atoms with Crippen LogP contribution in [-0.2, 0) is 17.5 Å². The lowest BCUT2D eigenvalue weighted by molar-refractivity contribution is -0.135. The Hall–Kier alpha value is -2.94. The van der Waals surface area contributed by atoms with Crippen molar-refractivity contribution in [3.8, 4) is 0 Å². The molecule has 1 aromatic heterocycles. The number of aromatic nitrogens is 1. The first-order valence-electron chi connectivity index (χ1n) is 9.96. The number of likely N-dealkylation sites (N-methyl/N-ethyl adjacent to an activating group) is 1. The van der Waals surface area contributed by atoms with E-state index in [0.29, 0.717) is 27.5 Å². The maximum Gasteiger partial charge on any atom is 0.415 e. The quantitative estimate of drug-likeness (QED) is 0.587. The highest BCUT2D eigenvalue weighted by molar-refractivity contribution is 6.40. The van der Waals surface area contributed by atoms with Gasteiger partial charge >= 0.3 is 6.18 Å². The van der Waals surface area contributed by atoms with Crippen molar-refractivity contribution >= 4 is 56.6 Å². The number of hydrogen-bond donors (Lipinski definition) is 1. The van der Waals surface area contributed by atoms with Gasteiger partial charge in [0.15, 0.2) is 0 Å². The Kier molecular flexibility index (Phi) is 5.72. The molecule has 1 aliphatic heterocycles. The van der Waals surface area contributed by atoms with Crippen molar-refractivity contribution in [1.82, 2.24) is 9.88 Å². The molecular formula is C22H16B3F3N2O3. The van der Waals surface area contributed by atoms with Gasteiger partial charge in [0.05, 0.1) is 19.3 Å². The summed E-state index contributed by atoms with van der Waals surface area (Å²) in [6.07, 6.45) is -4.75. The molecular weight excluding hydrogens is 430 g/mol. The molecule has 0 spiro atoms. The number of fused-ring (bicyclic) bond motifs is 3. The van der Waals surface area contributed by atoms with Crippen molar-refractivity contribution in [2.45, 2.75) is 25.7 Å². The normalized spacial score (nSPS) is 16.0. The van der Waals surface area contributed by atoms with Crippen LogP contribution in [0.5, 0.6) is 0 Å². The lowest BCUT2D eigenvalue weighted by Gasteiger charge is -2.34. The fourth-order valence-corrected chi connectivity index (χ4v) is 4.21. The van der Waals surface area contributed by atoms with Crippen LogP contribution in [0.25, 0.3) is 10.8 Å². The molecule has 1 aliphatic rings. The summed E-state index contributed by atoms with van der Waals surface area (Å²) < 4.78 is 45.2. The van der Waals surface area contributed by atoms with Crippen LogP contribution in [0, 0.1) is 6.92 Å². The maximum atomic E-state index is 13.2. The number of halogens is 3. The van der Waals surface area contributed by atoms with Crippen LogP contribution in [0.2, 0.25) is 0 Å². The second-order valence-corrected chi connectivity index (χ2v) is 8.08. The summed E-state index contributed by atoms with van der Waals surface area (Å²) in [5, 5.41) is 0.993. The Balaban J connectivity index is 1.81. The number of nitrogens with zero attached hydrogens (tertiary/aromatic N) is 1. The zero-order chi connectivity index (χ0) is 24.2. The Morgan fingerprint density at radius 1 is 1.09 bits per heavy atom. The number of amides is 1. The van der Waals surface area contributed by atoms with Crippen molar-refractivity contribution in [2.75, 3.05) is 13.7 Å². The number of rotatable bonds is 2. The molecule has 0 aliphatic carbocycles. The van der Waals surface area contributed by atoms with Gasteiger partial charge in [0, 0.05) is 34.8 Å². The predicted molar refractivity (Wildman–Crippen MR) is 121 cm³/mol. The summed E-state index contributed by atoms with van der Waals surface area (Å²) in [4.78, 5) is 29.9. The van der Waals surface area contributed by atoms with Crippen LogP contribution >= 0.6 is 0 Å². The van der Waals surface area contributed by atoms with Gasteiger partial charge in [0.1, 0.15) is 23.5 Å². The van der Waals surface area contributed by atoms with Crippen LogP contribution in [0.1, 0.15) is 38.8 Å². The van der Waals surface area contributed by atoms with Crippen molar-refractivity contribution < 1.29 is 22.7 Å². The molecule has 0 bridgehead atoms. The van der Waals surface area contributed by atoms with Crippen LogP contribution in [0.15, 0.2) is 29.1 Å². The second kappa shape index (κ2) is 8.13. The number of ether oxygens (including phenoxy) is 1. The molecule has 2 aromatic carbocycles. The lowest BCUT2D eigenvalue weighted by atomic mass is 9.79. The van der Waals surface area contributed by atoms with Crippen molar-refractivity contribution in [1.29, 1.82) is 0 Å². The van der Waals surface area contributed by atoms with Gasteiger partial charge in [0.25, 0.3) is 11.5 Å². The van der Waals surface area contributed by atoms with Gasteiger partial charge in [-0.15, -0.1) is 0 Å². The molecule has 0 saturated heterocycles. The third kappa shape index (κ3) is 3.99. The number of benzene rings is 2. The van der Waals surface area contributed by atoms with Gasteiger partial charge in [-0.1, -0.05) is 40.2 Å². The molecule has 1 atom stereocenters. The van der Waals surface area contributed by atoms with Gasteiger partial charge < -0.3 is 14.6 Å². The van der Waals surface area contributed by atoms with Gasteiger partial charge in [0.2, 0.25) is 0 Å². The molecule has 33 heavy (non-hydrogen) atoms. The van der Waals surface area contributed by atoms with E-state index in [1.165, 1.54) is 11.9 Å². The van der Waals surface area contributed by atoms with Gasteiger partial charge in [-0.05, 0) is 18.4 Å². The lowest BCUT2D eigenvalue weighted by Crippen LogP contribution is -2.39. The SMILES string of the molecule is [B]c1cc2c3c([nH]c(=O)c2cc1C)COCC3N(C)C(=O)c1cc([B])c(C(F)(F)F)c([B])c1. The average Bonchev–Trinajstić information content (AvgIpc) is 2.72. The second-order valence-electron chi connectivity index (χ2n) is 8.08. The predicted octanol–water partition coefficient (Wildman–Crippen LogP) is 0.580. The number of nitrogens with one attached hydrogen (secondary N) is 1. The third-order valence-electron chi connectivity index (χ3n) is 5.90. The van der Waals surface area contributed by atoms with E-state index < -0.39 is 34.6 Å². The van der Waals surface area contributed by atoms with Gasteiger partial charge in [-0.3, -0.25) is 9.59 Å². The first kappa shape index (κ1) is 23.2. The number of pyridine rings is 1. The molecule has 3 aromatic rings. The Morgan fingerprint density at radius 3 is 2.33 bits per heavy atom. The monoisotopic (exact) mass is 446 g/mol. The van der Waals surface area contributed by atoms with E-state index in [2.05, 4.69) is 4.98 Å². The Bertz CT molecular complexity index is 1330. The number of carbonyl (C=O) groups excluding carboxylic acids is 1. The van der Waals surface area contributed by atoms with E-state index in [1.54, 1.807) is 19.1 Å². The number of carbonyl (C=O) groups is 1. The van der Waals surface area contributed by atoms with E-state index in [1.807, 2.05) is 0 Å². The highest BCUT2D eigenvalue weighted by Gasteiger charge is 2.35. The first-order chi connectivity index (χ1) is 15.4. The molecule has 0 fully saturated rings. The highest BCUT2D eigenvalue weighted by atomic mass is 19.4. The fraction of sp³-hybridized carbons (Fsp3) is 0.273. The first-order valence-corrected chi connectivity index (χ1v) is 9.96. The van der Waals surface area contributed by atoms with E-state index >= 15 is 0 Å².